The van der Waals surface area contributed by atoms with Gasteiger partial charge >= 0.3 is 0 Å². The third-order valence-electron chi connectivity index (χ3n) is 3.38. The number of benzene rings is 1. The van der Waals surface area contributed by atoms with E-state index in [-0.39, 0.29) is 5.78 Å². The van der Waals surface area contributed by atoms with Crippen LogP contribution in [0, 0.1) is 0 Å². The molecule has 0 aliphatic heterocycles. The molecule has 0 atom stereocenters. The smallest absolute Gasteiger partial charge is 0.203 e. The van der Waals surface area contributed by atoms with Crippen LogP contribution in [0.25, 0.3) is 0 Å². The normalized spacial score (nSPS) is 13.4. The van der Waals surface area contributed by atoms with Crippen molar-refractivity contribution in [2.24, 2.45) is 0 Å². The van der Waals surface area contributed by atoms with Crippen LogP contribution < -0.4 is 4.74 Å². The second-order valence-corrected chi connectivity index (χ2v) is 6.14. The van der Waals surface area contributed by atoms with Gasteiger partial charge in [0.05, 0.1) is 17.0 Å². The van der Waals surface area contributed by atoms with E-state index >= 15 is 0 Å². The summed E-state index contributed by atoms with van der Waals surface area (Å²) in [5, 5.41) is 0.521. The predicted octanol–water partition coefficient (Wildman–Crippen LogP) is 4.13. The molecule has 0 N–H and O–H groups in total. The summed E-state index contributed by atoms with van der Waals surface area (Å²) >= 11 is 7.59. The van der Waals surface area contributed by atoms with E-state index in [0.717, 1.165) is 17.7 Å². The van der Waals surface area contributed by atoms with E-state index < -0.39 is 0 Å². The highest BCUT2D eigenvalue weighted by Gasteiger charge is 2.20. The Labute approximate surface area is 121 Å². The molecule has 0 bridgehead atoms. The lowest BCUT2D eigenvalue weighted by Crippen LogP contribution is -1.99. The van der Waals surface area contributed by atoms with E-state index in [1.54, 1.807) is 36.6 Å². The molecule has 1 aromatic heterocycles. The van der Waals surface area contributed by atoms with E-state index in [1.807, 2.05) is 6.07 Å². The Balaban J connectivity index is 1.94. The molecule has 0 fully saturated rings. The van der Waals surface area contributed by atoms with Crippen LogP contribution >= 0.6 is 22.9 Å². The summed E-state index contributed by atoms with van der Waals surface area (Å²) in [6.45, 7) is 0. The van der Waals surface area contributed by atoms with Crippen molar-refractivity contribution in [3.63, 3.8) is 0 Å². The van der Waals surface area contributed by atoms with Crippen molar-refractivity contribution >= 4 is 28.7 Å². The van der Waals surface area contributed by atoms with Crippen LogP contribution in [0.15, 0.2) is 24.3 Å². The highest BCUT2D eigenvalue weighted by molar-refractivity contribution is 7.14. The molecule has 1 aromatic carbocycles. The minimum Gasteiger partial charge on any atom is -0.495 e. The molecule has 1 heterocycles. The van der Waals surface area contributed by atoms with Crippen LogP contribution in [0.4, 0.5) is 0 Å². The molecule has 1 aliphatic rings. The van der Waals surface area contributed by atoms with Gasteiger partial charge in [0.2, 0.25) is 5.78 Å². The Bertz CT molecular complexity index is 624. The Morgan fingerprint density at radius 1 is 1.32 bits per heavy atom. The number of aryl methyl sites for hydroxylation is 2. The molecular formula is C15H13ClO2S. The fourth-order valence-corrected chi connectivity index (χ4v) is 3.79. The van der Waals surface area contributed by atoms with Crippen molar-refractivity contribution in [3.05, 3.63) is 50.2 Å². The van der Waals surface area contributed by atoms with Gasteiger partial charge in [0, 0.05) is 10.4 Å². The number of thiophene rings is 1. The van der Waals surface area contributed by atoms with Crippen molar-refractivity contribution < 1.29 is 9.53 Å². The number of ketones is 1. The fraction of sp³-hybridized carbons (Fsp3) is 0.267. The highest BCUT2D eigenvalue weighted by atomic mass is 35.5. The lowest BCUT2D eigenvalue weighted by molar-refractivity contribution is 0.104. The first kappa shape index (κ1) is 12.7. The second-order valence-electron chi connectivity index (χ2n) is 4.59. The standard InChI is InChI=1S/C15H13ClO2S/c1-18-12-7-10(5-6-11(12)16)15(17)14-8-9-3-2-4-13(9)19-14/h5-8H,2-4H2,1H3. The van der Waals surface area contributed by atoms with Crippen LogP contribution in [-0.2, 0) is 12.8 Å². The average Bonchev–Trinajstić information content (AvgIpc) is 2.99. The number of hydrogen-bond donors (Lipinski definition) is 0. The summed E-state index contributed by atoms with van der Waals surface area (Å²) in [6.07, 6.45) is 3.42. The van der Waals surface area contributed by atoms with Crippen molar-refractivity contribution in [2.45, 2.75) is 19.3 Å². The van der Waals surface area contributed by atoms with Gasteiger partial charge in [0.15, 0.2) is 0 Å². The Morgan fingerprint density at radius 3 is 2.89 bits per heavy atom. The molecule has 0 spiro atoms. The largest absolute Gasteiger partial charge is 0.495 e. The minimum absolute atomic E-state index is 0.0503. The molecule has 98 valence electrons. The summed E-state index contributed by atoms with van der Waals surface area (Å²) < 4.78 is 5.15. The zero-order valence-electron chi connectivity index (χ0n) is 10.5. The maximum absolute atomic E-state index is 12.4. The van der Waals surface area contributed by atoms with Gasteiger partial charge in [-0.1, -0.05) is 11.6 Å². The highest BCUT2D eigenvalue weighted by Crippen LogP contribution is 2.33. The summed E-state index contributed by atoms with van der Waals surface area (Å²) in [4.78, 5) is 14.6. The average molecular weight is 293 g/mol. The molecule has 3 rings (SSSR count). The van der Waals surface area contributed by atoms with Crippen LogP contribution in [-0.4, -0.2) is 12.9 Å². The molecule has 0 amide bonds. The summed E-state index contributed by atoms with van der Waals surface area (Å²) in [5.41, 5.74) is 1.97. The third-order valence-corrected chi connectivity index (χ3v) is 4.93. The van der Waals surface area contributed by atoms with Gasteiger partial charge < -0.3 is 4.74 Å². The van der Waals surface area contributed by atoms with Crippen molar-refractivity contribution in [1.29, 1.82) is 0 Å². The lowest BCUT2D eigenvalue weighted by atomic mass is 10.1. The van der Waals surface area contributed by atoms with Crippen LogP contribution in [0.1, 0.15) is 32.1 Å². The number of halogens is 1. The van der Waals surface area contributed by atoms with E-state index in [0.29, 0.717) is 16.3 Å². The van der Waals surface area contributed by atoms with Gasteiger partial charge in [-0.3, -0.25) is 4.79 Å². The second kappa shape index (κ2) is 4.99. The number of fused-ring (bicyclic) bond motifs is 1. The van der Waals surface area contributed by atoms with Gasteiger partial charge in [0.1, 0.15) is 5.75 Å². The first-order valence-electron chi connectivity index (χ1n) is 6.19. The minimum atomic E-state index is 0.0503. The number of hydrogen-bond acceptors (Lipinski definition) is 3. The maximum atomic E-state index is 12.4. The number of methoxy groups -OCH3 is 1. The topological polar surface area (TPSA) is 26.3 Å². The van der Waals surface area contributed by atoms with Crippen LogP contribution in [0.3, 0.4) is 0 Å². The number of carbonyl (C=O) groups excluding carboxylic acids is 1. The monoisotopic (exact) mass is 292 g/mol. The van der Waals surface area contributed by atoms with Crippen LogP contribution in [0.2, 0.25) is 5.02 Å². The fourth-order valence-electron chi connectivity index (χ4n) is 2.38. The van der Waals surface area contributed by atoms with Crippen LogP contribution in [0.5, 0.6) is 5.75 Å². The first-order chi connectivity index (χ1) is 9.19. The van der Waals surface area contributed by atoms with E-state index in [4.69, 9.17) is 16.3 Å². The van der Waals surface area contributed by atoms with Gasteiger partial charge in [-0.25, -0.2) is 0 Å². The Kier molecular flexibility index (Phi) is 3.33. The third kappa shape index (κ3) is 2.28. The molecule has 4 heteroatoms. The molecule has 1 aliphatic carbocycles. The molecular weight excluding hydrogens is 280 g/mol. The predicted molar refractivity (Wildman–Crippen MR) is 77.8 cm³/mol. The number of rotatable bonds is 3. The number of carbonyl (C=O) groups is 1. The van der Waals surface area contributed by atoms with Gasteiger partial charge in [0.25, 0.3) is 0 Å². The quantitative estimate of drug-likeness (QED) is 0.795. The van der Waals surface area contributed by atoms with Gasteiger partial charge in [-0.05, 0) is 49.1 Å². The molecule has 0 unspecified atom stereocenters. The van der Waals surface area contributed by atoms with E-state index in [9.17, 15) is 4.79 Å². The summed E-state index contributed by atoms with van der Waals surface area (Å²) in [7, 11) is 1.55. The Morgan fingerprint density at radius 2 is 2.16 bits per heavy atom. The summed E-state index contributed by atoms with van der Waals surface area (Å²) in [5.74, 6) is 0.589. The van der Waals surface area contributed by atoms with Gasteiger partial charge in [-0.2, -0.15) is 0 Å². The molecule has 19 heavy (non-hydrogen) atoms. The zero-order valence-corrected chi connectivity index (χ0v) is 12.1. The lowest BCUT2D eigenvalue weighted by Gasteiger charge is -2.05. The Hall–Kier alpha value is -1.32. The maximum Gasteiger partial charge on any atom is 0.203 e. The van der Waals surface area contributed by atoms with Crippen molar-refractivity contribution in [2.75, 3.05) is 7.11 Å². The molecule has 0 saturated heterocycles. The van der Waals surface area contributed by atoms with E-state index in [2.05, 4.69) is 0 Å². The summed E-state index contributed by atoms with van der Waals surface area (Å²) in [6, 6.07) is 7.19. The first-order valence-corrected chi connectivity index (χ1v) is 7.38. The zero-order chi connectivity index (χ0) is 13.4. The van der Waals surface area contributed by atoms with Crippen molar-refractivity contribution in [1.82, 2.24) is 0 Å². The molecule has 2 nitrogen and oxygen atoms in total. The SMILES string of the molecule is COc1cc(C(=O)c2cc3c(s2)CCC3)ccc1Cl. The number of ether oxygens (including phenoxy) is 1. The molecule has 2 aromatic rings. The molecule has 0 saturated carbocycles. The van der Waals surface area contributed by atoms with E-state index in [1.165, 1.54) is 16.9 Å². The molecule has 0 radical (unpaired) electrons. The van der Waals surface area contributed by atoms with Crippen molar-refractivity contribution in [3.8, 4) is 5.75 Å². The van der Waals surface area contributed by atoms with Gasteiger partial charge in [-0.15, -0.1) is 11.3 Å².